The summed E-state index contributed by atoms with van der Waals surface area (Å²) in [5, 5.41) is 10.3. The lowest BCUT2D eigenvalue weighted by molar-refractivity contribution is 0.862. The van der Waals surface area contributed by atoms with Crippen molar-refractivity contribution in [3.8, 4) is 0 Å². The normalized spacial score (nSPS) is 12.4. The Labute approximate surface area is 114 Å². The molecule has 0 aliphatic rings. The average Bonchev–Trinajstić information content (AvgIpc) is 2.94. The molecule has 7 heteroatoms. The van der Waals surface area contributed by atoms with Crippen molar-refractivity contribution in [1.29, 1.82) is 0 Å². The summed E-state index contributed by atoms with van der Waals surface area (Å²) in [6.07, 6.45) is 3.51. The van der Waals surface area contributed by atoms with Crippen LogP contribution in [0, 0.1) is 0 Å². The van der Waals surface area contributed by atoms with Gasteiger partial charge in [0.15, 0.2) is 0 Å². The third-order valence-electron chi connectivity index (χ3n) is 3.10. The molecule has 7 nitrogen and oxygen atoms in total. The molecule has 2 heterocycles. The fraction of sp³-hybridized carbons (Fsp3) is 0.154. The minimum atomic E-state index is -0.218. The lowest BCUT2D eigenvalue weighted by Crippen LogP contribution is -2.15. The largest absolute Gasteiger partial charge is 0.399 e. The summed E-state index contributed by atoms with van der Waals surface area (Å²) in [5.74, 6) is 0.418. The zero-order valence-corrected chi connectivity index (χ0v) is 10.8. The van der Waals surface area contributed by atoms with Gasteiger partial charge in [0.2, 0.25) is 5.95 Å². The summed E-state index contributed by atoms with van der Waals surface area (Å²) in [6, 6.07) is 5.04. The maximum absolute atomic E-state index is 12.0. The van der Waals surface area contributed by atoms with Crippen molar-refractivity contribution in [3.05, 3.63) is 46.5 Å². The molecule has 1 unspecified atom stereocenters. The van der Waals surface area contributed by atoms with Gasteiger partial charge in [0.05, 0.1) is 23.1 Å². The molecule has 0 amide bonds. The summed E-state index contributed by atoms with van der Waals surface area (Å²) in [5.41, 5.74) is 7.57. The molecule has 0 bridgehead atoms. The molecule has 1 atom stereocenters. The van der Waals surface area contributed by atoms with E-state index in [1.54, 1.807) is 30.6 Å². The molecular formula is C13H14N6O. The Balaban J connectivity index is 1.97. The molecular weight excluding hydrogens is 256 g/mol. The van der Waals surface area contributed by atoms with Gasteiger partial charge in [0.1, 0.15) is 0 Å². The first-order valence-corrected chi connectivity index (χ1v) is 6.18. The van der Waals surface area contributed by atoms with E-state index in [4.69, 9.17) is 5.73 Å². The van der Waals surface area contributed by atoms with Gasteiger partial charge in [-0.25, -0.2) is 4.98 Å². The quantitative estimate of drug-likeness (QED) is 0.537. The van der Waals surface area contributed by atoms with Crippen molar-refractivity contribution in [1.82, 2.24) is 20.2 Å². The Bertz CT molecular complexity index is 792. The lowest BCUT2D eigenvalue weighted by atomic mass is 10.2. The van der Waals surface area contributed by atoms with Gasteiger partial charge in [-0.1, -0.05) is 0 Å². The van der Waals surface area contributed by atoms with Crippen LogP contribution in [-0.4, -0.2) is 20.2 Å². The van der Waals surface area contributed by atoms with Gasteiger partial charge < -0.3 is 11.1 Å². The van der Waals surface area contributed by atoms with Crippen molar-refractivity contribution in [2.24, 2.45) is 0 Å². The molecule has 3 rings (SSSR count). The fourth-order valence-electron chi connectivity index (χ4n) is 2.01. The number of hydrogen-bond donors (Lipinski definition) is 4. The van der Waals surface area contributed by atoms with Crippen molar-refractivity contribution < 1.29 is 0 Å². The number of H-pyrrole nitrogens is 2. The summed E-state index contributed by atoms with van der Waals surface area (Å²) < 4.78 is 0. The highest BCUT2D eigenvalue weighted by Crippen LogP contribution is 2.17. The summed E-state index contributed by atoms with van der Waals surface area (Å²) >= 11 is 0. The van der Waals surface area contributed by atoms with Crippen LogP contribution in [0.15, 0.2) is 35.4 Å². The average molecular weight is 270 g/mol. The zero-order valence-electron chi connectivity index (χ0n) is 10.8. The van der Waals surface area contributed by atoms with E-state index < -0.39 is 0 Å². The van der Waals surface area contributed by atoms with Crippen LogP contribution >= 0.6 is 0 Å². The van der Waals surface area contributed by atoms with Crippen molar-refractivity contribution in [2.75, 3.05) is 11.1 Å². The van der Waals surface area contributed by atoms with E-state index in [0.717, 1.165) is 5.56 Å². The van der Waals surface area contributed by atoms with Gasteiger partial charge in [-0.3, -0.25) is 14.9 Å². The van der Waals surface area contributed by atoms with Crippen LogP contribution in [-0.2, 0) is 0 Å². The van der Waals surface area contributed by atoms with E-state index in [1.807, 2.05) is 6.92 Å². The van der Waals surface area contributed by atoms with Crippen LogP contribution in [0.1, 0.15) is 18.5 Å². The van der Waals surface area contributed by atoms with Crippen LogP contribution in [0.4, 0.5) is 11.6 Å². The Morgan fingerprint density at radius 1 is 1.40 bits per heavy atom. The van der Waals surface area contributed by atoms with Crippen molar-refractivity contribution >= 4 is 22.5 Å². The Morgan fingerprint density at radius 2 is 2.25 bits per heavy atom. The number of nitrogens with zero attached hydrogens (tertiary/aromatic N) is 2. The Kier molecular flexibility index (Phi) is 2.86. The van der Waals surface area contributed by atoms with E-state index in [-0.39, 0.29) is 11.6 Å². The SMILES string of the molecule is CC(Nc1nc2ccc(N)cc2c(=O)[nH]1)c1cn[nH]c1. The monoisotopic (exact) mass is 270 g/mol. The summed E-state index contributed by atoms with van der Waals surface area (Å²) in [4.78, 5) is 19.1. The summed E-state index contributed by atoms with van der Waals surface area (Å²) in [6.45, 7) is 1.96. The minimum absolute atomic E-state index is 0.0249. The third kappa shape index (κ3) is 2.20. The number of nitrogen functional groups attached to an aromatic ring is 1. The van der Waals surface area contributed by atoms with Crippen LogP contribution in [0.3, 0.4) is 0 Å². The molecule has 102 valence electrons. The molecule has 0 spiro atoms. The second kappa shape index (κ2) is 4.69. The van der Waals surface area contributed by atoms with Gasteiger partial charge in [0.25, 0.3) is 5.56 Å². The van der Waals surface area contributed by atoms with E-state index in [0.29, 0.717) is 22.5 Å². The molecule has 0 saturated heterocycles. The maximum Gasteiger partial charge on any atom is 0.260 e. The number of rotatable bonds is 3. The van der Waals surface area contributed by atoms with E-state index in [1.165, 1.54) is 0 Å². The molecule has 0 saturated carbocycles. The van der Waals surface area contributed by atoms with E-state index >= 15 is 0 Å². The van der Waals surface area contributed by atoms with Crippen LogP contribution in [0.5, 0.6) is 0 Å². The van der Waals surface area contributed by atoms with Gasteiger partial charge in [0, 0.05) is 17.4 Å². The third-order valence-corrected chi connectivity index (χ3v) is 3.10. The molecule has 0 fully saturated rings. The number of fused-ring (bicyclic) bond motifs is 1. The topological polar surface area (TPSA) is 112 Å². The highest BCUT2D eigenvalue weighted by atomic mass is 16.1. The number of nitrogens with two attached hydrogens (primary N) is 1. The molecule has 20 heavy (non-hydrogen) atoms. The highest BCUT2D eigenvalue weighted by molar-refractivity contribution is 5.81. The minimum Gasteiger partial charge on any atom is -0.399 e. The number of nitrogens with one attached hydrogen (secondary N) is 3. The molecule has 0 aliphatic carbocycles. The second-order valence-electron chi connectivity index (χ2n) is 4.59. The molecule has 2 aromatic heterocycles. The van der Waals surface area contributed by atoms with Crippen molar-refractivity contribution in [3.63, 3.8) is 0 Å². The first kappa shape index (κ1) is 12.2. The predicted molar refractivity (Wildman–Crippen MR) is 77.4 cm³/mol. The van der Waals surface area contributed by atoms with Gasteiger partial charge >= 0.3 is 0 Å². The van der Waals surface area contributed by atoms with Gasteiger partial charge in [-0.15, -0.1) is 0 Å². The number of hydrogen-bond acceptors (Lipinski definition) is 5. The number of anilines is 2. The summed E-state index contributed by atoms with van der Waals surface area (Å²) in [7, 11) is 0. The number of benzene rings is 1. The van der Waals surface area contributed by atoms with Crippen LogP contribution in [0.25, 0.3) is 10.9 Å². The first-order valence-electron chi connectivity index (χ1n) is 6.18. The molecule has 1 aromatic carbocycles. The standard InChI is InChI=1S/C13H14N6O/c1-7(8-5-15-16-6-8)17-13-18-11-3-2-9(14)4-10(11)12(20)19-13/h2-7H,14H2,1H3,(H,15,16)(H2,17,18,19,20). The Morgan fingerprint density at radius 3 is 3.00 bits per heavy atom. The van der Waals surface area contributed by atoms with Gasteiger partial charge in [-0.2, -0.15) is 5.10 Å². The molecule has 3 aromatic rings. The molecule has 0 aliphatic heterocycles. The smallest absolute Gasteiger partial charge is 0.260 e. The predicted octanol–water partition coefficient (Wildman–Crippen LogP) is 1.40. The van der Waals surface area contributed by atoms with Crippen LogP contribution < -0.4 is 16.6 Å². The van der Waals surface area contributed by atoms with Gasteiger partial charge in [-0.05, 0) is 25.1 Å². The molecule has 0 radical (unpaired) electrons. The fourth-order valence-corrected chi connectivity index (χ4v) is 2.01. The Hall–Kier alpha value is -2.83. The highest BCUT2D eigenvalue weighted by Gasteiger charge is 2.09. The maximum atomic E-state index is 12.0. The van der Waals surface area contributed by atoms with Crippen LogP contribution in [0.2, 0.25) is 0 Å². The zero-order chi connectivity index (χ0) is 14.1. The number of aromatic amines is 2. The number of aromatic nitrogens is 4. The lowest BCUT2D eigenvalue weighted by Gasteiger charge is -2.12. The molecule has 5 N–H and O–H groups in total. The van der Waals surface area contributed by atoms with E-state index in [2.05, 4.69) is 25.5 Å². The van der Waals surface area contributed by atoms with E-state index in [9.17, 15) is 4.79 Å². The second-order valence-corrected chi connectivity index (χ2v) is 4.59. The first-order chi connectivity index (χ1) is 9.63. The van der Waals surface area contributed by atoms with Crippen molar-refractivity contribution in [2.45, 2.75) is 13.0 Å².